The van der Waals surface area contributed by atoms with Gasteiger partial charge in [-0.15, -0.1) is 0 Å². The SMILES string of the molecule is O=C(c1ccn[nH]1)N1CCC(C2CCN(C(=O)c3ccncc3F)CC2)CC1. The van der Waals surface area contributed by atoms with E-state index in [1.165, 1.54) is 12.3 Å². The van der Waals surface area contributed by atoms with Crippen LogP contribution in [0.2, 0.25) is 0 Å². The van der Waals surface area contributed by atoms with Crippen LogP contribution >= 0.6 is 0 Å². The molecule has 2 aromatic rings. The molecule has 0 atom stereocenters. The van der Waals surface area contributed by atoms with Gasteiger partial charge in [-0.2, -0.15) is 5.10 Å². The van der Waals surface area contributed by atoms with Gasteiger partial charge >= 0.3 is 0 Å². The van der Waals surface area contributed by atoms with E-state index in [9.17, 15) is 14.0 Å². The minimum atomic E-state index is -0.566. The summed E-state index contributed by atoms with van der Waals surface area (Å²) in [6.45, 7) is 2.81. The summed E-state index contributed by atoms with van der Waals surface area (Å²) in [5.74, 6) is 0.314. The number of carbonyl (C=O) groups is 2. The first-order valence-electron chi connectivity index (χ1n) is 9.81. The first-order chi connectivity index (χ1) is 13.6. The molecule has 2 aliphatic heterocycles. The molecule has 0 unspecified atom stereocenters. The Kier molecular flexibility index (Phi) is 5.36. The number of halogens is 1. The number of H-pyrrole nitrogens is 1. The van der Waals surface area contributed by atoms with E-state index in [1.807, 2.05) is 4.90 Å². The second-order valence-electron chi connectivity index (χ2n) is 7.59. The quantitative estimate of drug-likeness (QED) is 0.879. The molecule has 4 rings (SSSR count). The number of carbonyl (C=O) groups excluding carboxylic acids is 2. The summed E-state index contributed by atoms with van der Waals surface area (Å²) in [4.78, 5) is 32.3. The normalized spacial score (nSPS) is 19.0. The van der Waals surface area contributed by atoms with Gasteiger partial charge in [-0.1, -0.05) is 0 Å². The fraction of sp³-hybridized carbons (Fsp3) is 0.500. The van der Waals surface area contributed by atoms with E-state index in [0.717, 1.165) is 45.0 Å². The van der Waals surface area contributed by atoms with Crippen LogP contribution in [0.1, 0.15) is 46.5 Å². The summed E-state index contributed by atoms with van der Waals surface area (Å²) < 4.78 is 13.8. The molecular formula is C20H24FN5O2. The minimum Gasteiger partial charge on any atom is -0.339 e. The van der Waals surface area contributed by atoms with E-state index in [0.29, 0.717) is 30.6 Å². The van der Waals surface area contributed by atoms with Gasteiger partial charge in [0.1, 0.15) is 5.69 Å². The standard InChI is InChI=1S/C20H24FN5O2/c21-17-13-22-7-1-16(17)19(27)25-9-3-14(4-10-25)15-5-11-26(12-6-15)20(28)18-2-8-23-24-18/h1-2,7-8,13-15H,3-6,9-12H2,(H,23,24). The van der Waals surface area contributed by atoms with Crippen LogP contribution in [0.15, 0.2) is 30.7 Å². The maximum Gasteiger partial charge on any atom is 0.271 e. The fourth-order valence-corrected chi connectivity index (χ4v) is 4.41. The van der Waals surface area contributed by atoms with Gasteiger partial charge in [0.05, 0.1) is 11.8 Å². The average Bonchev–Trinajstić information content (AvgIpc) is 3.28. The second-order valence-corrected chi connectivity index (χ2v) is 7.59. The van der Waals surface area contributed by atoms with Gasteiger partial charge in [0, 0.05) is 38.6 Å². The highest BCUT2D eigenvalue weighted by molar-refractivity contribution is 5.94. The minimum absolute atomic E-state index is 0.00995. The number of likely N-dealkylation sites (tertiary alicyclic amines) is 2. The summed E-state index contributed by atoms with van der Waals surface area (Å²) >= 11 is 0. The molecule has 8 heteroatoms. The number of amides is 2. The summed E-state index contributed by atoms with van der Waals surface area (Å²) in [5.41, 5.74) is 0.632. The van der Waals surface area contributed by atoms with E-state index in [2.05, 4.69) is 15.2 Å². The van der Waals surface area contributed by atoms with Crippen molar-refractivity contribution in [1.29, 1.82) is 0 Å². The number of nitrogens with one attached hydrogen (secondary N) is 1. The molecule has 0 radical (unpaired) electrons. The van der Waals surface area contributed by atoms with Gasteiger partial charge in [0.25, 0.3) is 11.8 Å². The largest absolute Gasteiger partial charge is 0.339 e. The molecule has 1 N–H and O–H groups in total. The molecule has 0 saturated carbocycles. The van der Waals surface area contributed by atoms with Gasteiger partial charge in [0.15, 0.2) is 5.82 Å². The van der Waals surface area contributed by atoms with E-state index in [-0.39, 0.29) is 17.4 Å². The van der Waals surface area contributed by atoms with Crippen molar-refractivity contribution in [1.82, 2.24) is 25.0 Å². The van der Waals surface area contributed by atoms with Crippen LogP contribution in [-0.2, 0) is 0 Å². The first-order valence-corrected chi connectivity index (χ1v) is 9.81. The molecule has 4 heterocycles. The lowest BCUT2D eigenvalue weighted by atomic mass is 9.78. The third-order valence-electron chi connectivity index (χ3n) is 6.05. The van der Waals surface area contributed by atoms with Crippen LogP contribution in [0.5, 0.6) is 0 Å². The van der Waals surface area contributed by atoms with Crippen molar-refractivity contribution in [2.45, 2.75) is 25.7 Å². The van der Waals surface area contributed by atoms with Crippen molar-refractivity contribution in [3.8, 4) is 0 Å². The van der Waals surface area contributed by atoms with Crippen molar-refractivity contribution in [2.24, 2.45) is 11.8 Å². The fourth-order valence-electron chi connectivity index (χ4n) is 4.41. The summed E-state index contributed by atoms with van der Waals surface area (Å²) in [5, 5.41) is 6.58. The zero-order valence-electron chi connectivity index (χ0n) is 15.7. The Bertz CT molecular complexity index is 825. The number of hydrogen-bond acceptors (Lipinski definition) is 4. The highest BCUT2D eigenvalue weighted by atomic mass is 19.1. The van der Waals surface area contributed by atoms with E-state index in [4.69, 9.17) is 0 Å². The maximum atomic E-state index is 13.8. The van der Waals surface area contributed by atoms with Crippen molar-refractivity contribution < 1.29 is 14.0 Å². The average molecular weight is 385 g/mol. The smallest absolute Gasteiger partial charge is 0.271 e. The molecule has 2 saturated heterocycles. The van der Waals surface area contributed by atoms with Gasteiger partial charge in [-0.05, 0) is 49.7 Å². The molecule has 2 aromatic heterocycles. The number of aromatic nitrogens is 3. The molecule has 0 aromatic carbocycles. The predicted molar refractivity (Wildman–Crippen MR) is 100 cm³/mol. The molecule has 2 fully saturated rings. The number of hydrogen-bond donors (Lipinski definition) is 1. The Morgan fingerprint density at radius 2 is 1.54 bits per heavy atom. The molecule has 2 amide bonds. The summed E-state index contributed by atoms with van der Waals surface area (Å²) in [7, 11) is 0. The van der Waals surface area contributed by atoms with Crippen LogP contribution in [0, 0.1) is 17.7 Å². The molecule has 28 heavy (non-hydrogen) atoms. The Morgan fingerprint density at radius 1 is 0.929 bits per heavy atom. The maximum absolute atomic E-state index is 13.8. The van der Waals surface area contributed by atoms with Crippen LogP contribution in [0.3, 0.4) is 0 Å². The third-order valence-corrected chi connectivity index (χ3v) is 6.05. The van der Waals surface area contributed by atoms with Gasteiger partial charge in [-0.3, -0.25) is 19.7 Å². The monoisotopic (exact) mass is 385 g/mol. The Labute approximate surface area is 162 Å². The highest BCUT2D eigenvalue weighted by Gasteiger charge is 2.33. The molecule has 0 spiro atoms. The van der Waals surface area contributed by atoms with Gasteiger partial charge < -0.3 is 9.80 Å². The molecule has 0 aliphatic carbocycles. The Morgan fingerprint density at radius 3 is 2.07 bits per heavy atom. The first kappa shape index (κ1) is 18.6. The second kappa shape index (κ2) is 8.08. The zero-order valence-corrected chi connectivity index (χ0v) is 15.7. The van der Waals surface area contributed by atoms with Crippen LogP contribution < -0.4 is 0 Å². The predicted octanol–water partition coefficient (Wildman–Crippen LogP) is 2.35. The summed E-state index contributed by atoms with van der Waals surface area (Å²) in [6.07, 6.45) is 7.94. The topological polar surface area (TPSA) is 82.2 Å². The summed E-state index contributed by atoms with van der Waals surface area (Å²) in [6, 6.07) is 3.14. The highest BCUT2D eigenvalue weighted by Crippen LogP contribution is 2.33. The van der Waals surface area contributed by atoms with Gasteiger partial charge in [-0.25, -0.2) is 4.39 Å². The van der Waals surface area contributed by atoms with Crippen LogP contribution in [0.25, 0.3) is 0 Å². The lowest BCUT2D eigenvalue weighted by molar-refractivity contribution is 0.0532. The molecule has 7 nitrogen and oxygen atoms in total. The Hall–Kier alpha value is -2.77. The number of rotatable bonds is 3. The van der Waals surface area contributed by atoms with Crippen LogP contribution in [0.4, 0.5) is 4.39 Å². The lowest BCUT2D eigenvalue weighted by Crippen LogP contribution is -2.44. The molecular weight excluding hydrogens is 361 g/mol. The van der Waals surface area contributed by atoms with Crippen molar-refractivity contribution >= 4 is 11.8 Å². The van der Waals surface area contributed by atoms with E-state index >= 15 is 0 Å². The van der Waals surface area contributed by atoms with Crippen LogP contribution in [-0.4, -0.2) is 63.0 Å². The van der Waals surface area contributed by atoms with E-state index < -0.39 is 5.82 Å². The lowest BCUT2D eigenvalue weighted by Gasteiger charge is -2.40. The van der Waals surface area contributed by atoms with Crippen molar-refractivity contribution in [2.75, 3.05) is 26.2 Å². The number of pyridine rings is 1. The van der Waals surface area contributed by atoms with Gasteiger partial charge in [0.2, 0.25) is 0 Å². The number of nitrogens with zero attached hydrogens (tertiary/aromatic N) is 4. The molecule has 148 valence electrons. The number of aromatic amines is 1. The zero-order chi connectivity index (χ0) is 19.5. The molecule has 0 bridgehead atoms. The van der Waals surface area contributed by atoms with Crippen molar-refractivity contribution in [3.05, 3.63) is 47.8 Å². The molecule has 2 aliphatic rings. The van der Waals surface area contributed by atoms with E-state index in [1.54, 1.807) is 17.2 Å². The number of piperidine rings is 2. The third kappa shape index (κ3) is 3.76. The van der Waals surface area contributed by atoms with Crippen molar-refractivity contribution in [3.63, 3.8) is 0 Å². The Balaban J connectivity index is 1.27.